The largest absolute Gasteiger partial charge is 0.431 e. The second-order valence-corrected chi connectivity index (χ2v) is 8.32. The molecule has 1 heterocycles. The number of anilines is 1. The van der Waals surface area contributed by atoms with E-state index in [1.165, 1.54) is 29.3 Å². The second kappa shape index (κ2) is 6.85. The van der Waals surface area contributed by atoms with Crippen molar-refractivity contribution in [3.8, 4) is 0 Å². The summed E-state index contributed by atoms with van der Waals surface area (Å²) in [4.78, 5) is -0.122. The van der Waals surface area contributed by atoms with E-state index in [1.54, 1.807) is 6.07 Å². The number of sulfonamides is 1. The van der Waals surface area contributed by atoms with E-state index >= 15 is 0 Å². The minimum absolute atomic E-state index is 0.122. The molecule has 150 valence electrons. The first kappa shape index (κ1) is 19.4. The first-order chi connectivity index (χ1) is 13.6. The van der Waals surface area contributed by atoms with Crippen LogP contribution in [0.15, 0.2) is 76.7 Å². The molecule has 0 aromatic heterocycles. The number of nitrogens with zero attached hydrogens (tertiary/aromatic N) is 2. The number of nitrogens with two attached hydrogens (primary N) is 1. The summed E-state index contributed by atoms with van der Waals surface area (Å²) in [5, 5.41) is 12.1. The summed E-state index contributed by atoms with van der Waals surface area (Å²) in [5.41, 5.74) is 0.142. The van der Waals surface area contributed by atoms with Gasteiger partial charge in [-0.05, 0) is 46.7 Å². The standard InChI is InChI=1S/C20H16F3N3O2S/c21-20(22,23)19-12-18(15-6-5-13-3-1-2-4-14(13)11-15)26(25-19)16-7-9-17(10-8-16)29(24,27)28/h1-11,18H,12H2,(H2,24,27,28). The van der Waals surface area contributed by atoms with Crippen molar-refractivity contribution < 1.29 is 21.6 Å². The van der Waals surface area contributed by atoms with Crippen molar-refractivity contribution in [2.75, 3.05) is 5.01 Å². The summed E-state index contributed by atoms with van der Waals surface area (Å²) < 4.78 is 63.0. The van der Waals surface area contributed by atoms with Gasteiger partial charge in [-0.2, -0.15) is 18.3 Å². The van der Waals surface area contributed by atoms with Crippen LogP contribution >= 0.6 is 0 Å². The Bertz CT molecular complexity index is 1210. The Morgan fingerprint density at radius 2 is 1.62 bits per heavy atom. The fourth-order valence-electron chi connectivity index (χ4n) is 3.38. The van der Waals surface area contributed by atoms with Crippen LogP contribution in [0, 0.1) is 0 Å². The molecule has 4 rings (SSSR count). The van der Waals surface area contributed by atoms with Gasteiger partial charge in [0.05, 0.1) is 16.6 Å². The predicted octanol–water partition coefficient (Wildman–Crippen LogP) is 4.36. The van der Waals surface area contributed by atoms with Gasteiger partial charge in [0.1, 0.15) is 5.71 Å². The van der Waals surface area contributed by atoms with Crippen molar-refractivity contribution in [1.29, 1.82) is 0 Å². The molecule has 3 aromatic rings. The van der Waals surface area contributed by atoms with E-state index in [1.807, 2.05) is 36.4 Å². The normalized spacial score (nSPS) is 17.6. The molecule has 0 amide bonds. The van der Waals surface area contributed by atoms with Crippen molar-refractivity contribution in [2.24, 2.45) is 10.2 Å². The number of halogens is 3. The van der Waals surface area contributed by atoms with Gasteiger partial charge in [-0.15, -0.1) is 0 Å². The van der Waals surface area contributed by atoms with Crippen LogP contribution in [-0.4, -0.2) is 20.3 Å². The van der Waals surface area contributed by atoms with E-state index in [4.69, 9.17) is 5.14 Å². The molecule has 0 aliphatic carbocycles. The SMILES string of the molecule is NS(=O)(=O)c1ccc(N2N=C(C(F)(F)F)CC2c2ccc3ccccc3c2)cc1. The fraction of sp³-hybridized carbons (Fsp3) is 0.150. The van der Waals surface area contributed by atoms with Gasteiger partial charge in [-0.25, -0.2) is 13.6 Å². The average molecular weight is 419 g/mol. The van der Waals surface area contributed by atoms with Crippen LogP contribution in [0.5, 0.6) is 0 Å². The number of hydrazone groups is 1. The molecule has 2 N–H and O–H groups in total. The molecule has 5 nitrogen and oxygen atoms in total. The highest BCUT2D eigenvalue weighted by Gasteiger charge is 2.43. The highest BCUT2D eigenvalue weighted by Crippen LogP contribution is 2.40. The monoisotopic (exact) mass is 419 g/mol. The minimum Gasteiger partial charge on any atom is -0.257 e. The lowest BCUT2D eigenvalue weighted by Gasteiger charge is -2.24. The lowest BCUT2D eigenvalue weighted by atomic mass is 9.98. The van der Waals surface area contributed by atoms with Crippen LogP contribution < -0.4 is 10.1 Å². The second-order valence-electron chi connectivity index (χ2n) is 6.75. The van der Waals surface area contributed by atoms with E-state index in [0.29, 0.717) is 11.3 Å². The third-order valence-electron chi connectivity index (χ3n) is 4.83. The van der Waals surface area contributed by atoms with Crippen molar-refractivity contribution in [3.63, 3.8) is 0 Å². The van der Waals surface area contributed by atoms with Gasteiger partial charge in [-0.1, -0.05) is 36.4 Å². The van der Waals surface area contributed by atoms with E-state index in [9.17, 15) is 21.6 Å². The molecule has 3 aromatic carbocycles. The van der Waals surface area contributed by atoms with Crippen LogP contribution in [0.2, 0.25) is 0 Å². The van der Waals surface area contributed by atoms with E-state index < -0.39 is 28.0 Å². The first-order valence-corrected chi connectivity index (χ1v) is 10.2. The fourth-order valence-corrected chi connectivity index (χ4v) is 3.90. The maximum Gasteiger partial charge on any atom is 0.431 e. The van der Waals surface area contributed by atoms with E-state index in [-0.39, 0.29) is 11.3 Å². The predicted molar refractivity (Wildman–Crippen MR) is 105 cm³/mol. The van der Waals surface area contributed by atoms with Gasteiger partial charge in [0, 0.05) is 6.42 Å². The maximum atomic E-state index is 13.4. The van der Waals surface area contributed by atoms with E-state index in [2.05, 4.69) is 5.10 Å². The summed E-state index contributed by atoms with van der Waals surface area (Å²) in [6.45, 7) is 0. The molecule has 0 radical (unpaired) electrons. The number of alkyl halides is 3. The topological polar surface area (TPSA) is 75.8 Å². The summed E-state index contributed by atoms with van der Waals surface area (Å²) >= 11 is 0. The van der Waals surface area contributed by atoms with Gasteiger partial charge in [0.15, 0.2) is 0 Å². The summed E-state index contributed by atoms with van der Waals surface area (Å²) in [5.74, 6) is 0. The Labute approximate surface area is 165 Å². The molecule has 9 heteroatoms. The molecule has 1 aliphatic rings. The number of hydrogen-bond acceptors (Lipinski definition) is 4. The lowest BCUT2D eigenvalue weighted by Crippen LogP contribution is -2.21. The molecule has 1 atom stereocenters. The molecule has 1 unspecified atom stereocenters. The van der Waals surface area contributed by atoms with Crippen molar-refractivity contribution >= 4 is 32.2 Å². The highest BCUT2D eigenvalue weighted by molar-refractivity contribution is 7.89. The molecule has 0 spiro atoms. The number of benzene rings is 3. The summed E-state index contributed by atoms with van der Waals surface area (Å²) in [7, 11) is -3.90. The maximum absolute atomic E-state index is 13.4. The average Bonchev–Trinajstić information content (AvgIpc) is 3.13. The zero-order chi connectivity index (χ0) is 20.8. The van der Waals surface area contributed by atoms with E-state index in [0.717, 1.165) is 10.8 Å². The molecule has 0 saturated heterocycles. The highest BCUT2D eigenvalue weighted by atomic mass is 32.2. The van der Waals surface area contributed by atoms with Gasteiger partial charge < -0.3 is 0 Å². The Morgan fingerprint density at radius 1 is 0.966 bits per heavy atom. The Kier molecular flexibility index (Phi) is 4.59. The van der Waals surface area contributed by atoms with Crippen LogP contribution in [0.25, 0.3) is 10.8 Å². The van der Waals surface area contributed by atoms with Crippen LogP contribution in [0.4, 0.5) is 18.9 Å². The molecule has 0 bridgehead atoms. The number of fused-ring (bicyclic) bond motifs is 1. The third kappa shape index (κ3) is 3.83. The number of primary sulfonamides is 1. The lowest BCUT2D eigenvalue weighted by molar-refractivity contribution is -0.0600. The minimum atomic E-state index is -4.55. The van der Waals surface area contributed by atoms with Crippen LogP contribution in [0.3, 0.4) is 0 Å². The first-order valence-electron chi connectivity index (χ1n) is 8.68. The Balaban J connectivity index is 1.77. The Hall–Kier alpha value is -2.91. The molecular formula is C20H16F3N3O2S. The third-order valence-corrected chi connectivity index (χ3v) is 5.75. The zero-order valence-corrected chi connectivity index (χ0v) is 15.8. The molecule has 1 aliphatic heterocycles. The van der Waals surface area contributed by atoms with Gasteiger partial charge in [0.2, 0.25) is 10.0 Å². The molecule has 29 heavy (non-hydrogen) atoms. The van der Waals surface area contributed by atoms with Crippen LogP contribution in [-0.2, 0) is 10.0 Å². The summed E-state index contributed by atoms with van der Waals surface area (Å²) in [6, 6.07) is 17.7. The quantitative estimate of drug-likeness (QED) is 0.686. The summed E-state index contributed by atoms with van der Waals surface area (Å²) in [6.07, 6.45) is -4.86. The van der Waals surface area contributed by atoms with Crippen molar-refractivity contribution in [2.45, 2.75) is 23.5 Å². The molecular weight excluding hydrogens is 403 g/mol. The van der Waals surface area contributed by atoms with Gasteiger partial charge in [-0.3, -0.25) is 5.01 Å². The number of hydrogen-bond donors (Lipinski definition) is 1. The van der Waals surface area contributed by atoms with Gasteiger partial charge in [0.25, 0.3) is 0 Å². The molecule has 0 fully saturated rings. The Morgan fingerprint density at radius 3 is 2.24 bits per heavy atom. The van der Waals surface area contributed by atoms with Gasteiger partial charge >= 0.3 is 6.18 Å². The molecule has 0 saturated carbocycles. The van der Waals surface area contributed by atoms with Crippen molar-refractivity contribution in [1.82, 2.24) is 0 Å². The van der Waals surface area contributed by atoms with Crippen molar-refractivity contribution in [3.05, 3.63) is 72.3 Å². The zero-order valence-electron chi connectivity index (χ0n) is 15.0. The number of rotatable bonds is 3. The van der Waals surface area contributed by atoms with Crippen LogP contribution in [0.1, 0.15) is 18.0 Å². The smallest absolute Gasteiger partial charge is 0.257 e.